The number of allylic oxidation sites excluding steroid dienone is 5. The molecule has 0 saturated heterocycles. The van der Waals surface area contributed by atoms with E-state index in [1.807, 2.05) is 0 Å². The summed E-state index contributed by atoms with van der Waals surface area (Å²) in [6, 6.07) is 9.42. The van der Waals surface area contributed by atoms with E-state index in [9.17, 15) is 0 Å². The molecule has 1 heteroatoms. The van der Waals surface area contributed by atoms with Gasteiger partial charge in [0.25, 0.3) is 0 Å². The predicted molar refractivity (Wildman–Crippen MR) is 95.7 cm³/mol. The highest BCUT2D eigenvalue weighted by molar-refractivity contribution is 5.73. The molecule has 22 heavy (non-hydrogen) atoms. The monoisotopic (exact) mass is 293 g/mol. The molecular formula is C21H27N. The molecular weight excluding hydrogens is 266 g/mol. The van der Waals surface area contributed by atoms with Crippen LogP contribution in [0.1, 0.15) is 25.0 Å². The summed E-state index contributed by atoms with van der Waals surface area (Å²) in [4.78, 5) is 2.28. The van der Waals surface area contributed by atoms with Crippen molar-refractivity contribution < 1.29 is 0 Å². The van der Waals surface area contributed by atoms with Gasteiger partial charge in [0.1, 0.15) is 0 Å². The zero-order valence-electron chi connectivity index (χ0n) is 14.2. The minimum absolute atomic E-state index is 0.441. The van der Waals surface area contributed by atoms with Crippen LogP contribution in [0.3, 0.4) is 0 Å². The molecule has 0 N–H and O–H groups in total. The van der Waals surface area contributed by atoms with Crippen LogP contribution in [0.15, 0.2) is 54.6 Å². The van der Waals surface area contributed by atoms with Gasteiger partial charge in [0.05, 0.1) is 0 Å². The standard InChI is InChI=1S/C21H27N/c1-15-13-17-9-5-6-11-19(17)21(14-16(2)22(3)4)20-12-8-7-10-18(15)20/h5-12,14-16,18,20H,13H2,1-4H3/t15-,16?,18?,20?/m0/s1. The summed E-state index contributed by atoms with van der Waals surface area (Å²) >= 11 is 0. The largest absolute Gasteiger partial charge is 0.303 e. The highest BCUT2D eigenvalue weighted by atomic mass is 15.1. The average Bonchev–Trinajstić information content (AvgIpc) is 2.63. The predicted octanol–water partition coefficient (Wildman–Crippen LogP) is 4.57. The van der Waals surface area contributed by atoms with Crippen molar-refractivity contribution in [2.75, 3.05) is 14.1 Å². The topological polar surface area (TPSA) is 3.24 Å². The molecule has 0 aromatic heterocycles. The molecule has 0 aliphatic heterocycles. The summed E-state index contributed by atoms with van der Waals surface area (Å²) in [5.74, 6) is 1.79. The van der Waals surface area contributed by atoms with Gasteiger partial charge in [-0.1, -0.05) is 61.6 Å². The fourth-order valence-electron chi connectivity index (χ4n) is 3.73. The van der Waals surface area contributed by atoms with Gasteiger partial charge in [-0.3, -0.25) is 0 Å². The van der Waals surface area contributed by atoms with Crippen LogP contribution in [0, 0.1) is 17.8 Å². The fraction of sp³-hybridized carbons (Fsp3) is 0.429. The van der Waals surface area contributed by atoms with Gasteiger partial charge >= 0.3 is 0 Å². The van der Waals surface area contributed by atoms with Crippen molar-refractivity contribution in [3.63, 3.8) is 0 Å². The molecule has 0 saturated carbocycles. The van der Waals surface area contributed by atoms with Gasteiger partial charge < -0.3 is 4.90 Å². The molecule has 116 valence electrons. The lowest BCUT2D eigenvalue weighted by atomic mass is 9.76. The Bertz CT molecular complexity index is 621. The Balaban J connectivity index is 2.13. The van der Waals surface area contributed by atoms with Crippen LogP contribution in [-0.2, 0) is 6.42 Å². The Morgan fingerprint density at radius 1 is 1.14 bits per heavy atom. The minimum atomic E-state index is 0.441. The van der Waals surface area contributed by atoms with E-state index >= 15 is 0 Å². The lowest BCUT2D eigenvalue weighted by Gasteiger charge is -2.29. The molecule has 3 unspecified atom stereocenters. The first kappa shape index (κ1) is 15.3. The van der Waals surface area contributed by atoms with Crippen molar-refractivity contribution in [2.45, 2.75) is 26.3 Å². The van der Waals surface area contributed by atoms with Crippen LogP contribution in [0.4, 0.5) is 0 Å². The zero-order valence-corrected chi connectivity index (χ0v) is 14.2. The summed E-state index contributed by atoms with van der Waals surface area (Å²) in [5, 5.41) is 0. The molecule has 2 aliphatic carbocycles. The molecule has 0 fully saturated rings. The van der Waals surface area contributed by atoms with E-state index in [4.69, 9.17) is 0 Å². The molecule has 0 bridgehead atoms. The van der Waals surface area contributed by atoms with Gasteiger partial charge in [-0.2, -0.15) is 0 Å². The fourth-order valence-corrected chi connectivity index (χ4v) is 3.73. The van der Waals surface area contributed by atoms with E-state index in [0.29, 0.717) is 23.8 Å². The number of fused-ring (bicyclic) bond motifs is 2. The van der Waals surface area contributed by atoms with E-state index in [1.165, 1.54) is 23.1 Å². The third-order valence-electron chi connectivity index (χ3n) is 5.30. The second-order valence-electron chi connectivity index (χ2n) is 7.04. The van der Waals surface area contributed by atoms with Gasteiger partial charge in [-0.05, 0) is 56.0 Å². The molecule has 1 aromatic rings. The molecule has 1 nitrogen and oxygen atoms in total. The summed E-state index contributed by atoms with van der Waals surface area (Å²) in [6.45, 7) is 4.68. The van der Waals surface area contributed by atoms with E-state index in [0.717, 1.165) is 0 Å². The first-order valence-electron chi connectivity index (χ1n) is 8.39. The normalized spacial score (nSPS) is 30.0. The number of benzene rings is 1. The van der Waals surface area contributed by atoms with E-state index in [-0.39, 0.29) is 0 Å². The smallest absolute Gasteiger partial charge is 0.0249 e. The van der Waals surface area contributed by atoms with Gasteiger partial charge in [-0.25, -0.2) is 0 Å². The summed E-state index contributed by atoms with van der Waals surface area (Å²) in [5.41, 5.74) is 4.46. The van der Waals surface area contributed by atoms with E-state index in [1.54, 1.807) is 0 Å². The van der Waals surface area contributed by atoms with Crippen LogP contribution in [0.2, 0.25) is 0 Å². The number of rotatable bonds is 2. The highest BCUT2D eigenvalue weighted by Gasteiger charge is 2.32. The van der Waals surface area contributed by atoms with Crippen molar-refractivity contribution in [3.8, 4) is 0 Å². The van der Waals surface area contributed by atoms with Crippen molar-refractivity contribution in [1.82, 2.24) is 4.90 Å². The molecule has 0 radical (unpaired) electrons. The Morgan fingerprint density at radius 2 is 1.86 bits per heavy atom. The van der Waals surface area contributed by atoms with E-state index in [2.05, 4.69) is 87.5 Å². The number of hydrogen-bond acceptors (Lipinski definition) is 1. The Hall–Kier alpha value is -1.60. The third-order valence-corrected chi connectivity index (χ3v) is 5.30. The van der Waals surface area contributed by atoms with Crippen LogP contribution in [0.25, 0.3) is 5.57 Å². The van der Waals surface area contributed by atoms with Crippen molar-refractivity contribution in [3.05, 3.63) is 65.8 Å². The quantitative estimate of drug-likeness (QED) is 0.772. The molecule has 0 heterocycles. The van der Waals surface area contributed by atoms with Gasteiger partial charge in [0.2, 0.25) is 0 Å². The van der Waals surface area contributed by atoms with Crippen molar-refractivity contribution in [2.24, 2.45) is 17.8 Å². The summed E-state index contributed by atoms with van der Waals surface area (Å²) in [7, 11) is 4.31. The second-order valence-corrected chi connectivity index (χ2v) is 7.04. The summed E-state index contributed by atoms with van der Waals surface area (Å²) < 4.78 is 0. The summed E-state index contributed by atoms with van der Waals surface area (Å²) in [6.07, 6.45) is 12.9. The minimum Gasteiger partial charge on any atom is -0.303 e. The maximum atomic E-state index is 2.47. The Labute approximate surface area is 135 Å². The Kier molecular flexibility index (Phi) is 4.35. The van der Waals surface area contributed by atoms with Crippen molar-refractivity contribution >= 4 is 5.57 Å². The zero-order chi connectivity index (χ0) is 15.7. The number of likely N-dealkylation sites (N-methyl/N-ethyl adjacent to an activating group) is 1. The van der Waals surface area contributed by atoms with Crippen LogP contribution < -0.4 is 0 Å². The maximum absolute atomic E-state index is 2.47. The van der Waals surface area contributed by atoms with Crippen LogP contribution >= 0.6 is 0 Å². The molecule has 1 aromatic carbocycles. The average molecular weight is 293 g/mol. The van der Waals surface area contributed by atoms with Crippen LogP contribution in [-0.4, -0.2) is 25.0 Å². The lowest BCUT2D eigenvalue weighted by Crippen LogP contribution is -2.25. The van der Waals surface area contributed by atoms with Crippen molar-refractivity contribution in [1.29, 1.82) is 0 Å². The van der Waals surface area contributed by atoms with Gasteiger partial charge in [-0.15, -0.1) is 0 Å². The highest BCUT2D eigenvalue weighted by Crippen LogP contribution is 2.43. The maximum Gasteiger partial charge on any atom is 0.0249 e. The third kappa shape index (κ3) is 2.83. The molecule has 2 aliphatic rings. The van der Waals surface area contributed by atoms with Gasteiger partial charge in [0.15, 0.2) is 0 Å². The lowest BCUT2D eigenvalue weighted by molar-refractivity contribution is 0.360. The number of hydrogen-bond donors (Lipinski definition) is 0. The molecule has 0 amide bonds. The first-order valence-corrected chi connectivity index (χ1v) is 8.39. The number of nitrogens with zero attached hydrogens (tertiary/aromatic N) is 1. The van der Waals surface area contributed by atoms with Gasteiger partial charge in [0, 0.05) is 12.0 Å². The second kappa shape index (κ2) is 6.26. The van der Waals surface area contributed by atoms with Crippen LogP contribution in [0.5, 0.6) is 0 Å². The first-order chi connectivity index (χ1) is 10.6. The molecule has 0 spiro atoms. The molecule has 4 atom stereocenters. The Morgan fingerprint density at radius 3 is 2.64 bits per heavy atom. The van der Waals surface area contributed by atoms with E-state index < -0.39 is 0 Å². The SMILES string of the molecule is CC(C=C1c2ccccc2C[C@H](C)C2C=CC=CC12)N(C)C. The molecule has 3 rings (SSSR count).